The highest BCUT2D eigenvalue weighted by molar-refractivity contribution is 7.13. The fourth-order valence-electron chi connectivity index (χ4n) is 2.94. The molecule has 6 nitrogen and oxygen atoms in total. The fourth-order valence-corrected chi connectivity index (χ4v) is 3.62. The number of amides is 1. The maximum Gasteiger partial charge on any atom is 0.272 e. The number of hydrogen-bond acceptors (Lipinski definition) is 4. The van der Waals surface area contributed by atoms with E-state index in [0.29, 0.717) is 5.69 Å². The molecule has 3 aromatic rings. The van der Waals surface area contributed by atoms with Crippen LogP contribution in [0, 0.1) is 13.8 Å². The van der Waals surface area contributed by atoms with Gasteiger partial charge in [0.05, 0.1) is 16.6 Å². The normalized spacial score (nSPS) is 12.4. The molecule has 0 spiro atoms. The molecule has 0 fully saturated rings. The molecule has 24 heavy (non-hydrogen) atoms. The van der Waals surface area contributed by atoms with E-state index in [1.54, 1.807) is 28.0 Å². The summed E-state index contributed by atoms with van der Waals surface area (Å²) < 4.78 is 1.65. The molecule has 1 amide bonds. The van der Waals surface area contributed by atoms with Gasteiger partial charge in [-0.25, -0.2) is 0 Å². The Bertz CT molecular complexity index is 842. The molecule has 0 aromatic carbocycles. The zero-order valence-electron chi connectivity index (χ0n) is 14.5. The second kappa shape index (κ2) is 6.24. The number of nitrogens with zero attached hydrogens (tertiary/aromatic N) is 4. The van der Waals surface area contributed by atoms with Crippen LogP contribution in [0.4, 0.5) is 0 Å². The quantitative estimate of drug-likeness (QED) is 0.790. The zero-order valence-corrected chi connectivity index (χ0v) is 15.3. The molecule has 0 saturated heterocycles. The Hall–Kier alpha value is -2.41. The van der Waals surface area contributed by atoms with E-state index in [0.717, 1.165) is 27.5 Å². The molecule has 1 atom stereocenters. The first kappa shape index (κ1) is 16.4. The number of hydrogen-bond donors (Lipinski definition) is 1. The predicted molar refractivity (Wildman–Crippen MR) is 95.1 cm³/mol. The second-order valence-electron chi connectivity index (χ2n) is 5.96. The lowest BCUT2D eigenvalue weighted by Gasteiger charge is -2.25. The SMILES string of the molecule is Cc1n[nH]c(C)c1[C@H](C)N(C)C(=O)c1cc(-c2cccs2)nn1C. The Labute approximate surface area is 145 Å². The van der Waals surface area contributed by atoms with Crippen LogP contribution in [-0.2, 0) is 7.05 Å². The number of nitrogens with one attached hydrogen (secondary N) is 1. The Morgan fingerprint density at radius 3 is 2.75 bits per heavy atom. The first-order chi connectivity index (χ1) is 11.4. The van der Waals surface area contributed by atoms with Crippen molar-refractivity contribution in [2.24, 2.45) is 7.05 Å². The van der Waals surface area contributed by atoms with Gasteiger partial charge in [0.15, 0.2) is 0 Å². The van der Waals surface area contributed by atoms with Crippen LogP contribution in [0.25, 0.3) is 10.6 Å². The summed E-state index contributed by atoms with van der Waals surface area (Å²) in [5.41, 5.74) is 4.37. The lowest BCUT2D eigenvalue weighted by Crippen LogP contribution is -2.31. The first-order valence-corrected chi connectivity index (χ1v) is 8.64. The standard InChI is InChI=1S/C17H21N5OS/c1-10-16(11(2)19-18-10)12(3)21(4)17(23)14-9-13(20-22(14)5)15-7-6-8-24-15/h6-9,12H,1-5H3,(H,18,19)/t12-/m0/s1. The highest BCUT2D eigenvalue weighted by Gasteiger charge is 2.25. The van der Waals surface area contributed by atoms with E-state index in [-0.39, 0.29) is 11.9 Å². The minimum absolute atomic E-state index is 0.0553. The Morgan fingerprint density at radius 1 is 1.42 bits per heavy atom. The van der Waals surface area contributed by atoms with Crippen LogP contribution in [0.2, 0.25) is 0 Å². The molecule has 126 valence electrons. The van der Waals surface area contributed by atoms with E-state index in [4.69, 9.17) is 0 Å². The van der Waals surface area contributed by atoms with Crippen molar-refractivity contribution in [3.63, 3.8) is 0 Å². The van der Waals surface area contributed by atoms with E-state index in [9.17, 15) is 4.79 Å². The molecular formula is C17H21N5OS. The predicted octanol–water partition coefficient (Wildman–Crippen LogP) is 3.32. The third kappa shape index (κ3) is 2.75. The van der Waals surface area contributed by atoms with Gasteiger partial charge in [0.1, 0.15) is 11.4 Å². The molecule has 0 aliphatic carbocycles. The molecule has 0 radical (unpaired) electrons. The Kier molecular flexibility index (Phi) is 4.28. The smallest absolute Gasteiger partial charge is 0.272 e. The topological polar surface area (TPSA) is 66.8 Å². The Balaban J connectivity index is 1.89. The number of rotatable bonds is 4. The molecule has 0 aliphatic heterocycles. The van der Waals surface area contributed by atoms with Gasteiger partial charge in [-0.15, -0.1) is 11.3 Å². The van der Waals surface area contributed by atoms with Crippen LogP contribution in [0.15, 0.2) is 23.6 Å². The lowest BCUT2D eigenvalue weighted by molar-refractivity contribution is 0.0731. The molecule has 3 rings (SSSR count). The first-order valence-electron chi connectivity index (χ1n) is 7.76. The van der Waals surface area contributed by atoms with Gasteiger partial charge < -0.3 is 4.90 Å². The molecule has 0 bridgehead atoms. The van der Waals surface area contributed by atoms with Crippen molar-refractivity contribution in [1.82, 2.24) is 24.9 Å². The number of carbonyl (C=O) groups is 1. The van der Waals surface area contributed by atoms with Gasteiger partial charge in [-0.2, -0.15) is 10.2 Å². The van der Waals surface area contributed by atoms with Crippen molar-refractivity contribution in [1.29, 1.82) is 0 Å². The number of aromatic nitrogens is 4. The fraction of sp³-hybridized carbons (Fsp3) is 0.353. The molecule has 1 N–H and O–H groups in total. The van der Waals surface area contributed by atoms with E-state index in [1.165, 1.54) is 0 Å². The summed E-state index contributed by atoms with van der Waals surface area (Å²) in [6, 6.07) is 5.77. The number of aryl methyl sites for hydroxylation is 3. The molecular weight excluding hydrogens is 322 g/mol. The van der Waals surface area contributed by atoms with Crippen LogP contribution in [0.1, 0.15) is 40.4 Å². The van der Waals surface area contributed by atoms with Gasteiger partial charge in [0.25, 0.3) is 5.91 Å². The van der Waals surface area contributed by atoms with Gasteiger partial charge in [0.2, 0.25) is 0 Å². The third-order valence-corrected chi connectivity index (χ3v) is 5.27. The van der Waals surface area contributed by atoms with Gasteiger partial charge in [-0.05, 0) is 38.3 Å². The molecule has 3 aromatic heterocycles. The number of aromatic amines is 1. The van der Waals surface area contributed by atoms with Gasteiger partial charge in [0, 0.05) is 25.4 Å². The van der Waals surface area contributed by atoms with Gasteiger partial charge in [-0.3, -0.25) is 14.6 Å². The highest BCUT2D eigenvalue weighted by Crippen LogP contribution is 2.27. The molecule has 7 heteroatoms. The molecule has 0 aliphatic rings. The van der Waals surface area contributed by atoms with Crippen molar-refractivity contribution >= 4 is 17.2 Å². The minimum atomic E-state index is -0.0728. The summed E-state index contributed by atoms with van der Waals surface area (Å²) in [5.74, 6) is -0.0553. The monoisotopic (exact) mass is 343 g/mol. The van der Waals surface area contributed by atoms with E-state index >= 15 is 0 Å². The van der Waals surface area contributed by atoms with Crippen molar-refractivity contribution in [3.8, 4) is 10.6 Å². The van der Waals surface area contributed by atoms with E-state index in [1.807, 2.05) is 51.4 Å². The average Bonchev–Trinajstić information content (AvgIpc) is 3.26. The van der Waals surface area contributed by atoms with Gasteiger partial charge in [-0.1, -0.05) is 6.07 Å². The summed E-state index contributed by atoms with van der Waals surface area (Å²) in [6.07, 6.45) is 0. The highest BCUT2D eigenvalue weighted by atomic mass is 32.1. The van der Waals surface area contributed by atoms with Crippen LogP contribution in [-0.4, -0.2) is 37.8 Å². The second-order valence-corrected chi connectivity index (χ2v) is 6.90. The summed E-state index contributed by atoms with van der Waals surface area (Å²) in [6.45, 7) is 5.94. The van der Waals surface area contributed by atoms with Crippen LogP contribution >= 0.6 is 11.3 Å². The zero-order chi connectivity index (χ0) is 17.4. The number of thiophene rings is 1. The maximum absolute atomic E-state index is 12.9. The maximum atomic E-state index is 12.9. The van der Waals surface area contributed by atoms with Crippen molar-refractivity contribution in [3.05, 3.63) is 46.2 Å². The number of carbonyl (C=O) groups excluding carboxylic acids is 1. The number of H-pyrrole nitrogens is 1. The van der Waals surface area contributed by atoms with Crippen LogP contribution in [0.3, 0.4) is 0 Å². The average molecular weight is 343 g/mol. The van der Waals surface area contributed by atoms with Crippen molar-refractivity contribution in [2.45, 2.75) is 26.8 Å². The summed E-state index contributed by atoms with van der Waals surface area (Å²) >= 11 is 1.61. The lowest BCUT2D eigenvalue weighted by atomic mass is 10.1. The van der Waals surface area contributed by atoms with Crippen LogP contribution in [0.5, 0.6) is 0 Å². The largest absolute Gasteiger partial charge is 0.333 e. The molecule has 0 saturated carbocycles. The summed E-state index contributed by atoms with van der Waals surface area (Å²) in [7, 11) is 3.62. The third-order valence-electron chi connectivity index (χ3n) is 4.38. The summed E-state index contributed by atoms with van der Waals surface area (Å²) in [4.78, 5) is 15.7. The molecule has 0 unspecified atom stereocenters. The molecule has 3 heterocycles. The van der Waals surface area contributed by atoms with Crippen LogP contribution < -0.4 is 0 Å². The van der Waals surface area contributed by atoms with Crippen molar-refractivity contribution in [2.75, 3.05) is 7.05 Å². The van der Waals surface area contributed by atoms with Crippen molar-refractivity contribution < 1.29 is 4.79 Å². The van der Waals surface area contributed by atoms with E-state index < -0.39 is 0 Å². The van der Waals surface area contributed by atoms with Gasteiger partial charge >= 0.3 is 0 Å². The van der Waals surface area contributed by atoms with E-state index in [2.05, 4.69) is 15.3 Å². The Morgan fingerprint density at radius 2 is 2.17 bits per heavy atom. The minimum Gasteiger partial charge on any atom is -0.333 e. The summed E-state index contributed by atoms with van der Waals surface area (Å²) in [5, 5.41) is 13.7.